The number of phenolic OH excluding ortho intramolecular Hbond substituents is 1. The third-order valence-electron chi connectivity index (χ3n) is 2.74. The molecule has 0 unspecified atom stereocenters. The number of benzene rings is 1. The Morgan fingerprint density at radius 2 is 1.88 bits per heavy atom. The molecule has 1 aromatic rings. The average Bonchev–Trinajstić information content (AvgIpc) is 2.36. The Kier molecular flexibility index (Phi) is 4.76. The van der Waals surface area contributed by atoms with Crippen LogP contribution >= 0.6 is 0 Å². The van der Waals surface area contributed by atoms with Gasteiger partial charge in [0.1, 0.15) is 5.75 Å². The summed E-state index contributed by atoms with van der Waals surface area (Å²) in [6, 6.07) is 3.86. The number of nitrogens with one attached hydrogen (secondary N) is 1. The van der Waals surface area contributed by atoms with Gasteiger partial charge in [-0.3, -0.25) is 4.79 Å². The van der Waals surface area contributed by atoms with E-state index in [9.17, 15) is 9.90 Å². The first-order valence-corrected chi connectivity index (χ1v) is 5.86. The second-order valence-electron chi connectivity index (χ2n) is 3.89. The topological polar surface area (TPSA) is 49.3 Å². The van der Waals surface area contributed by atoms with E-state index < -0.39 is 0 Å². The zero-order valence-corrected chi connectivity index (χ0v) is 10.4. The van der Waals surface area contributed by atoms with Crippen molar-refractivity contribution in [1.82, 2.24) is 5.32 Å². The van der Waals surface area contributed by atoms with Gasteiger partial charge < -0.3 is 10.4 Å². The van der Waals surface area contributed by atoms with E-state index in [0.717, 1.165) is 29.5 Å². The predicted molar refractivity (Wildman–Crippen MR) is 68.9 cm³/mol. The minimum Gasteiger partial charge on any atom is -0.507 e. The molecule has 0 aliphatic heterocycles. The van der Waals surface area contributed by atoms with Gasteiger partial charge in [-0.15, -0.1) is 0 Å². The molecule has 0 spiro atoms. The van der Waals surface area contributed by atoms with Crippen LogP contribution in [0.15, 0.2) is 24.8 Å². The Bertz CT molecular complexity index is 399. The van der Waals surface area contributed by atoms with Crippen LogP contribution in [0.25, 0.3) is 0 Å². The van der Waals surface area contributed by atoms with Gasteiger partial charge in [0.25, 0.3) is 0 Å². The molecule has 0 bridgehead atoms. The van der Waals surface area contributed by atoms with Gasteiger partial charge in [0.15, 0.2) is 0 Å². The van der Waals surface area contributed by atoms with Crippen LogP contribution in [0.3, 0.4) is 0 Å². The summed E-state index contributed by atoms with van der Waals surface area (Å²) in [4.78, 5) is 11.1. The van der Waals surface area contributed by atoms with Crippen molar-refractivity contribution < 1.29 is 9.90 Å². The second-order valence-corrected chi connectivity index (χ2v) is 3.89. The Hall–Kier alpha value is -1.77. The fourth-order valence-corrected chi connectivity index (χ4v) is 1.73. The van der Waals surface area contributed by atoms with Crippen LogP contribution in [0.4, 0.5) is 0 Å². The van der Waals surface area contributed by atoms with Gasteiger partial charge in [0.2, 0.25) is 5.91 Å². The van der Waals surface area contributed by atoms with E-state index in [-0.39, 0.29) is 5.91 Å². The largest absolute Gasteiger partial charge is 0.507 e. The van der Waals surface area contributed by atoms with Gasteiger partial charge in [-0.1, -0.05) is 32.6 Å². The van der Waals surface area contributed by atoms with Crippen LogP contribution in [0.1, 0.15) is 30.5 Å². The summed E-state index contributed by atoms with van der Waals surface area (Å²) in [7, 11) is 0. The van der Waals surface area contributed by atoms with E-state index >= 15 is 0 Å². The van der Waals surface area contributed by atoms with Gasteiger partial charge in [-0.2, -0.15) is 0 Å². The van der Waals surface area contributed by atoms with Crippen molar-refractivity contribution in [2.24, 2.45) is 0 Å². The van der Waals surface area contributed by atoms with Crippen LogP contribution in [0, 0.1) is 0 Å². The molecule has 3 heteroatoms. The number of amides is 1. The zero-order valence-electron chi connectivity index (χ0n) is 10.4. The standard InChI is InChI=1S/C14H19NO2/c1-4-11-7-10(9-15-13(16)6-3)8-12(5-2)14(11)17/h6-8,17H,3-5,9H2,1-2H3,(H,15,16). The average molecular weight is 233 g/mol. The lowest BCUT2D eigenvalue weighted by Gasteiger charge is -2.11. The van der Waals surface area contributed by atoms with E-state index in [1.807, 2.05) is 26.0 Å². The third kappa shape index (κ3) is 3.34. The molecular formula is C14H19NO2. The number of aryl methyl sites for hydroxylation is 2. The molecule has 2 N–H and O–H groups in total. The van der Waals surface area contributed by atoms with Gasteiger partial charge >= 0.3 is 0 Å². The van der Waals surface area contributed by atoms with Gasteiger partial charge in [0.05, 0.1) is 0 Å². The quantitative estimate of drug-likeness (QED) is 0.767. The van der Waals surface area contributed by atoms with Crippen LogP contribution < -0.4 is 5.32 Å². The Labute approximate surface area is 102 Å². The molecule has 92 valence electrons. The molecule has 0 heterocycles. The first kappa shape index (κ1) is 13.3. The van der Waals surface area contributed by atoms with Crippen molar-refractivity contribution in [2.75, 3.05) is 0 Å². The molecule has 0 aliphatic rings. The van der Waals surface area contributed by atoms with Crippen LogP contribution in [0.2, 0.25) is 0 Å². The lowest BCUT2D eigenvalue weighted by molar-refractivity contribution is -0.116. The first-order chi connectivity index (χ1) is 8.12. The van der Waals surface area contributed by atoms with Crippen molar-refractivity contribution in [3.63, 3.8) is 0 Å². The SMILES string of the molecule is C=CC(=O)NCc1cc(CC)c(O)c(CC)c1. The molecular weight excluding hydrogens is 214 g/mol. The van der Waals surface area contributed by atoms with E-state index in [4.69, 9.17) is 0 Å². The third-order valence-corrected chi connectivity index (χ3v) is 2.74. The Morgan fingerprint density at radius 3 is 2.29 bits per heavy atom. The highest BCUT2D eigenvalue weighted by atomic mass is 16.3. The molecule has 1 amide bonds. The van der Waals surface area contributed by atoms with Gasteiger partial charge in [0, 0.05) is 6.54 Å². The van der Waals surface area contributed by atoms with Gasteiger partial charge in [-0.05, 0) is 35.6 Å². The summed E-state index contributed by atoms with van der Waals surface area (Å²) >= 11 is 0. The number of hydrogen-bond donors (Lipinski definition) is 2. The molecule has 3 nitrogen and oxygen atoms in total. The van der Waals surface area contributed by atoms with E-state index in [0.29, 0.717) is 12.3 Å². The summed E-state index contributed by atoms with van der Waals surface area (Å²) in [5.74, 6) is 0.197. The van der Waals surface area contributed by atoms with Crippen molar-refractivity contribution in [3.05, 3.63) is 41.5 Å². The summed E-state index contributed by atoms with van der Waals surface area (Å²) in [5.41, 5.74) is 2.85. The molecule has 0 aliphatic carbocycles. The number of hydrogen-bond acceptors (Lipinski definition) is 2. The molecule has 0 radical (unpaired) electrons. The second kappa shape index (κ2) is 6.09. The summed E-state index contributed by atoms with van der Waals surface area (Å²) in [5, 5.41) is 12.7. The number of carbonyl (C=O) groups is 1. The lowest BCUT2D eigenvalue weighted by Crippen LogP contribution is -2.20. The van der Waals surface area contributed by atoms with Gasteiger partial charge in [-0.25, -0.2) is 0 Å². The molecule has 1 aromatic carbocycles. The number of rotatable bonds is 5. The fraction of sp³-hybridized carbons (Fsp3) is 0.357. The lowest BCUT2D eigenvalue weighted by atomic mass is 10.0. The van der Waals surface area contributed by atoms with Crippen molar-refractivity contribution >= 4 is 5.91 Å². The van der Waals surface area contributed by atoms with Crippen LogP contribution in [-0.4, -0.2) is 11.0 Å². The van der Waals surface area contributed by atoms with E-state index in [2.05, 4.69) is 11.9 Å². The highest BCUT2D eigenvalue weighted by Gasteiger charge is 2.07. The first-order valence-electron chi connectivity index (χ1n) is 5.86. The molecule has 0 atom stereocenters. The molecule has 17 heavy (non-hydrogen) atoms. The molecule has 0 aromatic heterocycles. The Morgan fingerprint density at radius 1 is 1.35 bits per heavy atom. The monoisotopic (exact) mass is 233 g/mol. The van der Waals surface area contributed by atoms with Crippen molar-refractivity contribution in [3.8, 4) is 5.75 Å². The van der Waals surface area contributed by atoms with Crippen molar-refractivity contribution in [1.29, 1.82) is 0 Å². The molecule has 0 saturated carbocycles. The Balaban J connectivity index is 2.92. The van der Waals surface area contributed by atoms with Crippen molar-refractivity contribution in [2.45, 2.75) is 33.2 Å². The maximum atomic E-state index is 11.1. The number of aromatic hydroxyl groups is 1. The minimum absolute atomic E-state index is 0.186. The fourth-order valence-electron chi connectivity index (χ4n) is 1.73. The van der Waals surface area contributed by atoms with Crippen LogP contribution in [-0.2, 0) is 24.2 Å². The summed E-state index contributed by atoms with van der Waals surface area (Å²) in [6.07, 6.45) is 2.81. The van der Waals surface area contributed by atoms with E-state index in [1.54, 1.807) is 0 Å². The summed E-state index contributed by atoms with van der Waals surface area (Å²) < 4.78 is 0. The van der Waals surface area contributed by atoms with E-state index in [1.165, 1.54) is 6.08 Å². The minimum atomic E-state index is -0.186. The van der Waals surface area contributed by atoms with Crippen LogP contribution in [0.5, 0.6) is 5.75 Å². The molecule has 1 rings (SSSR count). The predicted octanol–water partition coefficient (Wildman–Crippen LogP) is 2.32. The number of phenols is 1. The maximum Gasteiger partial charge on any atom is 0.243 e. The smallest absolute Gasteiger partial charge is 0.243 e. The summed E-state index contributed by atoms with van der Waals surface area (Å²) in [6.45, 7) is 7.87. The number of carbonyl (C=O) groups excluding carboxylic acids is 1. The molecule has 0 fully saturated rings. The molecule has 0 saturated heterocycles. The maximum absolute atomic E-state index is 11.1. The zero-order chi connectivity index (χ0) is 12.8. The highest BCUT2D eigenvalue weighted by molar-refractivity contribution is 5.86. The normalized spacial score (nSPS) is 10.0. The highest BCUT2D eigenvalue weighted by Crippen LogP contribution is 2.25.